The van der Waals surface area contributed by atoms with Crippen molar-refractivity contribution < 1.29 is 9.32 Å². The van der Waals surface area contributed by atoms with Gasteiger partial charge in [-0.15, -0.1) is 0 Å². The van der Waals surface area contributed by atoms with Crippen LogP contribution >= 0.6 is 0 Å². The van der Waals surface area contributed by atoms with Gasteiger partial charge < -0.3 is 9.42 Å². The van der Waals surface area contributed by atoms with Crippen LogP contribution in [0.2, 0.25) is 0 Å². The van der Waals surface area contributed by atoms with Crippen LogP contribution in [0.15, 0.2) is 10.6 Å². The van der Waals surface area contributed by atoms with Crippen molar-refractivity contribution in [3.8, 4) is 0 Å². The van der Waals surface area contributed by atoms with Crippen molar-refractivity contribution in [3.63, 3.8) is 0 Å². The van der Waals surface area contributed by atoms with Gasteiger partial charge in [0.2, 0.25) is 5.89 Å². The van der Waals surface area contributed by atoms with Crippen LogP contribution in [-0.2, 0) is 13.5 Å². The molecular formula is C20H29N5O2. The van der Waals surface area contributed by atoms with Gasteiger partial charge in [-0.3, -0.25) is 9.48 Å². The normalized spacial score (nSPS) is 21.7. The number of hydrogen-bond acceptors (Lipinski definition) is 5. The van der Waals surface area contributed by atoms with Crippen molar-refractivity contribution in [2.45, 2.75) is 58.8 Å². The molecule has 27 heavy (non-hydrogen) atoms. The molecule has 0 radical (unpaired) electrons. The Hall–Kier alpha value is -2.18. The summed E-state index contributed by atoms with van der Waals surface area (Å²) in [5.74, 6) is 2.13. The number of aryl methyl sites for hydroxylation is 2. The molecular weight excluding hydrogens is 342 g/mol. The van der Waals surface area contributed by atoms with E-state index in [1.807, 2.05) is 24.9 Å². The number of amides is 1. The van der Waals surface area contributed by atoms with E-state index in [-0.39, 0.29) is 17.2 Å². The summed E-state index contributed by atoms with van der Waals surface area (Å²) in [6.07, 6.45) is 5.45. The maximum absolute atomic E-state index is 13.1. The lowest BCUT2D eigenvalue weighted by molar-refractivity contribution is 0.0766. The van der Waals surface area contributed by atoms with E-state index in [0.29, 0.717) is 24.0 Å². The lowest BCUT2D eigenvalue weighted by Crippen LogP contribution is -2.31. The Labute approximate surface area is 160 Å². The number of likely N-dealkylation sites (tertiary alicyclic amines) is 1. The van der Waals surface area contributed by atoms with E-state index in [1.54, 1.807) is 4.68 Å². The molecule has 2 aromatic rings. The quantitative estimate of drug-likeness (QED) is 0.825. The molecule has 1 amide bonds. The molecule has 0 bridgehead atoms. The second-order valence-electron chi connectivity index (χ2n) is 8.75. The number of rotatable bonds is 4. The number of carbonyl (C=O) groups excluding carboxylic acids is 1. The largest absolute Gasteiger partial charge is 0.339 e. The Morgan fingerprint density at radius 2 is 2.11 bits per heavy atom. The van der Waals surface area contributed by atoms with E-state index in [0.717, 1.165) is 37.3 Å². The van der Waals surface area contributed by atoms with Crippen LogP contribution in [0.4, 0.5) is 0 Å². The maximum Gasteiger partial charge on any atom is 0.274 e. The first-order chi connectivity index (χ1) is 12.9. The Morgan fingerprint density at radius 3 is 2.74 bits per heavy atom. The fourth-order valence-corrected chi connectivity index (χ4v) is 4.73. The van der Waals surface area contributed by atoms with Gasteiger partial charge in [0.05, 0.1) is 0 Å². The summed E-state index contributed by atoms with van der Waals surface area (Å²) in [5, 5.41) is 8.69. The van der Waals surface area contributed by atoms with Crippen LogP contribution in [0.5, 0.6) is 0 Å². The summed E-state index contributed by atoms with van der Waals surface area (Å²) < 4.78 is 7.26. The molecule has 146 valence electrons. The number of aromatic nitrogens is 4. The highest BCUT2D eigenvalue weighted by molar-refractivity contribution is 5.92. The third kappa shape index (κ3) is 3.28. The third-order valence-electron chi connectivity index (χ3n) is 6.25. The molecule has 3 heterocycles. The van der Waals surface area contributed by atoms with Gasteiger partial charge in [-0.25, -0.2) is 0 Å². The van der Waals surface area contributed by atoms with E-state index >= 15 is 0 Å². The highest BCUT2D eigenvalue weighted by Gasteiger charge is 2.52. The van der Waals surface area contributed by atoms with E-state index < -0.39 is 0 Å². The van der Waals surface area contributed by atoms with Gasteiger partial charge in [-0.05, 0) is 37.2 Å². The average molecular weight is 371 g/mol. The number of hydrogen-bond donors (Lipinski definition) is 0. The van der Waals surface area contributed by atoms with Crippen LogP contribution in [0.25, 0.3) is 0 Å². The molecule has 1 unspecified atom stereocenters. The second kappa shape index (κ2) is 6.77. The first-order valence-electron chi connectivity index (χ1n) is 10.0. The molecule has 2 aromatic heterocycles. The van der Waals surface area contributed by atoms with Gasteiger partial charge in [0.1, 0.15) is 0 Å². The summed E-state index contributed by atoms with van der Waals surface area (Å²) >= 11 is 0. The minimum Gasteiger partial charge on any atom is -0.339 e. The zero-order valence-corrected chi connectivity index (χ0v) is 16.7. The first-order valence-corrected chi connectivity index (χ1v) is 10.0. The van der Waals surface area contributed by atoms with E-state index in [4.69, 9.17) is 9.51 Å². The highest BCUT2D eigenvalue weighted by atomic mass is 16.5. The molecule has 1 aliphatic heterocycles. The summed E-state index contributed by atoms with van der Waals surface area (Å²) in [4.78, 5) is 19.7. The topological polar surface area (TPSA) is 77.1 Å². The first kappa shape index (κ1) is 18.2. The Morgan fingerprint density at radius 1 is 1.37 bits per heavy atom. The molecule has 2 fully saturated rings. The van der Waals surface area contributed by atoms with Crippen molar-refractivity contribution in [2.24, 2.45) is 18.4 Å². The third-order valence-corrected chi connectivity index (χ3v) is 6.25. The summed E-state index contributed by atoms with van der Waals surface area (Å²) in [5.41, 5.74) is 1.59. The SMILES string of the molecule is Cc1cc(C(=O)N2CC(c3noc(CC(C)C)n3)C3(CCCC3)C2)nn1C. The van der Waals surface area contributed by atoms with Crippen molar-refractivity contribution in [2.75, 3.05) is 13.1 Å². The fraction of sp³-hybridized carbons (Fsp3) is 0.700. The maximum atomic E-state index is 13.1. The lowest BCUT2D eigenvalue weighted by atomic mass is 9.76. The van der Waals surface area contributed by atoms with Gasteiger partial charge in [0.15, 0.2) is 11.5 Å². The average Bonchev–Trinajstić information content (AvgIpc) is 3.38. The molecule has 1 atom stereocenters. The van der Waals surface area contributed by atoms with Crippen molar-refractivity contribution >= 4 is 5.91 Å². The zero-order chi connectivity index (χ0) is 19.2. The second-order valence-corrected chi connectivity index (χ2v) is 8.75. The Kier molecular flexibility index (Phi) is 4.56. The van der Waals surface area contributed by atoms with Crippen LogP contribution in [-0.4, -0.2) is 43.8 Å². The molecule has 1 aliphatic carbocycles. The van der Waals surface area contributed by atoms with Crippen LogP contribution in [0.3, 0.4) is 0 Å². The predicted octanol–water partition coefficient (Wildman–Crippen LogP) is 3.11. The van der Waals surface area contributed by atoms with E-state index in [1.165, 1.54) is 12.8 Å². The molecule has 1 saturated heterocycles. The van der Waals surface area contributed by atoms with E-state index in [9.17, 15) is 4.79 Å². The Bertz CT molecular complexity index is 812. The fourth-order valence-electron chi connectivity index (χ4n) is 4.73. The van der Waals surface area contributed by atoms with Crippen molar-refractivity contribution in [1.82, 2.24) is 24.8 Å². The van der Waals surface area contributed by atoms with Gasteiger partial charge in [-0.1, -0.05) is 31.8 Å². The highest BCUT2D eigenvalue weighted by Crippen LogP contribution is 2.53. The molecule has 1 spiro atoms. The smallest absolute Gasteiger partial charge is 0.274 e. The van der Waals surface area contributed by atoms with Crippen molar-refractivity contribution in [1.29, 1.82) is 0 Å². The van der Waals surface area contributed by atoms with Crippen LogP contribution in [0.1, 0.15) is 73.3 Å². The van der Waals surface area contributed by atoms with Crippen LogP contribution in [0, 0.1) is 18.3 Å². The minimum atomic E-state index is 0.0124. The molecule has 7 nitrogen and oxygen atoms in total. The molecule has 1 saturated carbocycles. The summed E-state index contributed by atoms with van der Waals surface area (Å²) in [7, 11) is 1.87. The standard InChI is InChI=1S/C20H29N5O2/c1-13(2)9-17-21-18(23-27-17)15-11-25(12-20(15)7-5-6-8-20)19(26)16-10-14(3)24(4)22-16/h10,13,15H,5-9,11-12H2,1-4H3. The van der Waals surface area contributed by atoms with Crippen LogP contribution < -0.4 is 0 Å². The molecule has 2 aliphatic rings. The number of nitrogens with zero attached hydrogens (tertiary/aromatic N) is 5. The van der Waals surface area contributed by atoms with Gasteiger partial charge in [0.25, 0.3) is 5.91 Å². The van der Waals surface area contributed by atoms with Gasteiger partial charge in [0, 0.05) is 38.2 Å². The Balaban J connectivity index is 1.59. The van der Waals surface area contributed by atoms with E-state index in [2.05, 4.69) is 24.1 Å². The predicted molar refractivity (Wildman–Crippen MR) is 100 cm³/mol. The molecule has 0 N–H and O–H groups in total. The summed E-state index contributed by atoms with van der Waals surface area (Å²) in [6.45, 7) is 7.67. The molecule has 0 aromatic carbocycles. The zero-order valence-electron chi connectivity index (χ0n) is 16.7. The number of carbonyl (C=O) groups is 1. The molecule has 4 rings (SSSR count). The van der Waals surface area contributed by atoms with Gasteiger partial charge in [-0.2, -0.15) is 10.1 Å². The van der Waals surface area contributed by atoms with Gasteiger partial charge >= 0.3 is 0 Å². The minimum absolute atomic E-state index is 0.0124. The van der Waals surface area contributed by atoms with Crippen molar-refractivity contribution in [3.05, 3.63) is 29.2 Å². The monoisotopic (exact) mass is 371 g/mol. The summed E-state index contributed by atoms with van der Waals surface area (Å²) in [6, 6.07) is 1.87. The molecule has 7 heteroatoms. The lowest BCUT2D eigenvalue weighted by Gasteiger charge is -2.27.